The van der Waals surface area contributed by atoms with Crippen LogP contribution in [0.4, 0.5) is 18.9 Å². The van der Waals surface area contributed by atoms with Gasteiger partial charge in [0, 0.05) is 30.4 Å². The number of piperidine rings is 1. The van der Waals surface area contributed by atoms with Gasteiger partial charge in [0.2, 0.25) is 0 Å². The maximum absolute atomic E-state index is 13.1. The Labute approximate surface area is 130 Å². The second-order valence-electron chi connectivity index (χ2n) is 5.63. The SMILES string of the molecule is O=C(O)C1CCN(c2ccc(C(F)(F)F)c3ncccc23)CC1. The monoisotopic (exact) mass is 324 g/mol. The lowest BCUT2D eigenvalue weighted by Gasteiger charge is -2.33. The number of aliphatic carboxylic acids is 1. The van der Waals surface area contributed by atoms with Crippen molar-refractivity contribution in [1.29, 1.82) is 0 Å². The van der Waals surface area contributed by atoms with Gasteiger partial charge in [0.15, 0.2) is 0 Å². The fraction of sp³-hybridized carbons (Fsp3) is 0.375. The Kier molecular flexibility index (Phi) is 3.87. The molecule has 0 radical (unpaired) electrons. The number of alkyl halides is 3. The molecule has 3 rings (SSSR count). The van der Waals surface area contributed by atoms with Gasteiger partial charge in [-0.25, -0.2) is 0 Å². The van der Waals surface area contributed by atoms with Crippen molar-refractivity contribution in [2.24, 2.45) is 5.92 Å². The Bertz CT molecular complexity index is 738. The summed E-state index contributed by atoms with van der Waals surface area (Å²) < 4.78 is 39.3. The van der Waals surface area contributed by atoms with Gasteiger partial charge >= 0.3 is 12.1 Å². The number of rotatable bonds is 2. The molecule has 1 N–H and O–H groups in total. The number of hydrogen-bond donors (Lipinski definition) is 1. The second-order valence-corrected chi connectivity index (χ2v) is 5.63. The lowest BCUT2D eigenvalue weighted by molar-refractivity contribution is -0.142. The molecule has 0 aliphatic carbocycles. The van der Waals surface area contributed by atoms with E-state index in [1.807, 2.05) is 4.90 Å². The van der Waals surface area contributed by atoms with Crippen LogP contribution < -0.4 is 4.90 Å². The number of benzene rings is 1. The number of carboxylic acid groups (broad SMARTS) is 1. The number of hydrogen-bond acceptors (Lipinski definition) is 3. The molecule has 0 amide bonds. The van der Waals surface area contributed by atoms with Crippen molar-refractivity contribution >= 4 is 22.6 Å². The van der Waals surface area contributed by atoms with Gasteiger partial charge < -0.3 is 10.0 Å². The molecule has 1 aromatic heterocycles. The Hall–Kier alpha value is -2.31. The Morgan fingerprint density at radius 1 is 1.22 bits per heavy atom. The van der Waals surface area contributed by atoms with Gasteiger partial charge in [-0.05, 0) is 37.1 Å². The zero-order valence-electron chi connectivity index (χ0n) is 12.2. The van der Waals surface area contributed by atoms with E-state index in [0.29, 0.717) is 37.0 Å². The number of nitrogens with zero attached hydrogens (tertiary/aromatic N) is 2. The first-order valence-corrected chi connectivity index (χ1v) is 7.30. The molecular formula is C16H15F3N2O2. The molecule has 1 aliphatic rings. The fourth-order valence-corrected chi connectivity index (χ4v) is 3.03. The predicted molar refractivity (Wildman–Crippen MR) is 79.3 cm³/mol. The van der Waals surface area contributed by atoms with Crippen LogP contribution in [0.3, 0.4) is 0 Å². The summed E-state index contributed by atoms with van der Waals surface area (Å²) in [5, 5.41) is 9.48. The van der Waals surface area contributed by atoms with E-state index in [-0.39, 0.29) is 11.4 Å². The van der Waals surface area contributed by atoms with Crippen LogP contribution in [0.25, 0.3) is 10.9 Å². The van der Waals surface area contributed by atoms with Crippen molar-refractivity contribution < 1.29 is 23.1 Å². The van der Waals surface area contributed by atoms with Crippen molar-refractivity contribution in [1.82, 2.24) is 4.98 Å². The number of pyridine rings is 1. The molecule has 0 atom stereocenters. The van der Waals surface area contributed by atoms with Crippen LogP contribution in [-0.2, 0) is 11.0 Å². The first-order valence-electron chi connectivity index (χ1n) is 7.30. The van der Waals surface area contributed by atoms with Crippen LogP contribution in [0.5, 0.6) is 0 Å². The molecule has 0 saturated carbocycles. The number of carbonyl (C=O) groups is 1. The minimum absolute atomic E-state index is 0.0714. The quantitative estimate of drug-likeness (QED) is 0.918. The molecule has 0 unspecified atom stereocenters. The van der Waals surface area contributed by atoms with Gasteiger partial charge in [-0.1, -0.05) is 0 Å². The highest BCUT2D eigenvalue weighted by molar-refractivity contribution is 5.94. The zero-order valence-corrected chi connectivity index (χ0v) is 12.2. The third kappa shape index (κ3) is 2.95. The molecule has 1 fully saturated rings. The van der Waals surface area contributed by atoms with Crippen LogP contribution >= 0.6 is 0 Å². The minimum atomic E-state index is -4.46. The summed E-state index contributed by atoms with van der Waals surface area (Å²) in [4.78, 5) is 16.9. The lowest BCUT2D eigenvalue weighted by Crippen LogP contribution is -2.36. The maximum atomic E-state index is 13.1. The van der Waals surface area contributed by atoms with Crippen LogP contribution in [0.2, 0.25) is 0 Å². The van der Waals surface area contributed by atoms with E-state index in [1.165, 1.54) is 12.3 Å². The van der Waals surface area contributed by atoms with Crippen LogP contribution in [0.15, 0.2) is 30.5 Å². The summed E-state index contributed by atoms with van der Waals surface area (Å²) in [5.74, 6) is -1.20. The fourth-order valence-electron chi connectivity index (χ4n) is 3.03. The summed E-state index contributed by atoms with van der Waals surface area (Å²) in [6.07, 6.45) is -2.14. The molecule has 122 valence electrons. The smallest absolute Gasteiger partial charge is 0.418 e. The third-order valence-electron chi connectivity index (χ3n) is 4.24. The summed E-state index contributed by atoms with van der Waals surface area (Å²) in [7, 11) is 0. The molecule has 0 spiro atoms. The number of halogens is 3. The largest absolute Gasteiger partial charge is 0.481 e. The molecule has 7 heteroatoms. The van der Waals surface area contributed by atoms with Gasteiger partial charge in [0.05, 0.1) is 17.0 Å². The van der Waals surface area contributed by atoms with Crippen LogP contribution in [-0.4, -0.2) is 29.1 Å². The van der Waals surface area contributed by atoms with E-state index < -0.39 is 17.7 Å². The summed E-state index contributed by atoms with van der Waals surface area (Å²) in [6.45, 7) is 1.01. The highest BCUT2D eigenvalue weighted by Gasteiger charge is 2.34. The van der Waals surface area contributed by atoms with Gasteiger partial charge in [0.1, 0.15) is 0 Å². The predicted octanol–water partition coefficient (Wildman–Crippen LogP) is 3.55. The Balaban J connectivity index is 1.99. The lowest BCUT2D eigenvalue weighted by atomic mass is 9.96. The summed E-state index contributed by atoms with van der Waals surface area (Å²) in [6, 6.07) is 5.73. The number of aromatic nitrogens is 1. The van der Waals surface area contributed by atoms with E-state index in [0.717, 1.165) is 6.07 Å². The summed E-state index contributed by atoms with van der Waals surface area (Å²) >= 11 is 0. The standard InChI is InChI=1S/C16H15F3N2O2/c17-16(18,19)12-3-4-13(11-2-1-7-20-14(11)12)21-8-5-10(6-9-21)15(22)23/h1-4,7,10H,5-6,8-9H2,(H,22,23). The summed E-state index contributed by atoms with van der Waals surface area (Å²) in [5.41, 5.74) is -0.153. The highest BCUT2D eigenvalue weighted by Crippen LogP contribution is 2.38. The van der Waals surface area contributed by atoms with Crippen LogP contribution in [0, 0.1) is 5.92 Å². The molecule has 1 aliphatic heterocycles. The van der Waals surface area contributed by atoms with Gasteiger partial charge in [-0.2, -0.15) is 13.2 Å². The van der Waals surface area contributed by atoms with Gasteiger partial charge in [0.25, 0.3) is 0 Å². The van der Waals surface area contributed by atoms with Crippen molar-refractivity contribution in [2.75, 3.05) is 18.0 Å². The van der Waals surface area contributed by atoms with E-state index in [2.05, 4.69) is 4.98 Å². The second kappa shape index (κ2) is 5.72. The molecule has 4 nitrogen and oxygen atoms in total. The number of anilines is 1. The molecular weight excluding hydrogens is 309 g/mol. The van der Waals surface area contributed by atoms with Gasteiger partial charge in [-0.3, -0.25) is 9.78 Å². The van der Waals surface area contributed by atoms with Crippen molar-refractivity contribution in [3.8, 4) is 0 Å². The minimum Gasteiger partial charge on any atom is -0.481 e. The third-order valence-corrected chi connectivity index (χ3v) is 4.24. The van der Waals surface area contributed by atoms with Crippen molar-refractivity contribution in [3.05, 3.63) is 36.0 Å². The molecule has 2 aromatic rings. The molecule has 0 bridgehead atoms. The van der Waals surface area contributed by atoms with Crippen molar-refractivity contribution in [3.63, 3.8) is 0 Å². The van der Waals surface area contributed by atoms with Gasteiger partial charge in [-0.15, -0.1) is 0 Å². The number of fused-ring (bicyclic) bond motifs is 1. The molecule has 1 aromatic carbocycles. The molecule has 1 saturated heterocycles. The van der Waals surface area contributed by atoms with E-state index in [4.69, 9.17) is 5.11 Å². The Morgan fingerprint density at radius 3 is 2.52 bits per heavy atom. The number of carboxylic acids is 1. The van der Waals surface area contributed by atoms with E-state index >= 15 is 0 Å². The van der Waals surface area contributed by atoms with Crippen LogP contribution in [0.1, 0.15) is 18.4 Å². The zero-order chi connectivity index (χ0) is 16.6. The van der Waals surface area contributed by atoms with E-state index in [1.54, 1.807) is 12.1 Å². The topological polar surface area (TPSA) is 53.4 Å². The van der Waals surface area contributed by atoms with Crippen molar-refractivity contribution in [2.45, 2.75) is 19.0 Å². The normalized spacial score (nSPS) is 16.7. The first-order chi connectivity index (χ1) is 10.9. The Morgan fingerprint density at radius 2 is 1.91 bits per heavy atom. The average molecular weight is 324 g/mol. The maximum Gasteiger partial charge on any atom is 0.418 e. The molecule has 2 heterocycles. The average Bonchev–Trinajstić information content (AvgIpc) is 2.53. The first kappa shape index (κ1) is 15.6. The van der Waals surface area contributed by atoms with E-state index in [9.17, 15) is 18.0 Å². The highest BCUT2D eigenvalue weighted by atomic mass is 19.4. The molecule has 23 heavy (non-hydrogen) atoms.